The van der Waals surface area contributed by atoms with Gasteiger partial charge in [-0.25, -0.2) is 0 Å². The van der Waals surface area contributed by atoms with Crippen LogP contribution in [0.2, 0.25) is 5.02 Å². The number of hydrogen-bond donors (Lipinski definition) is 3. The molecule has 6 heteroatoms. The van der Waals surface area contributed by atoms with E-state index in [-0.39, 0.29) is 17.4 Å². The van der Waals surface area contributed by atoms with Crippen LogP contribution in [0, 0.1) is 0 Å². The third kappa shape index (κ3) is 2.87. The van der Waals surface area contributed by atoms with E-state index in [4.69, 9.17) is 11.6 Å². The number of anilines is 2. The van der Waals surface area contributed by atoms with Crippen molar-refractivity contribution < 1.29 is 4.79 Å². The molecule has 3 N–H and O–H groups in total. The summed E-state index contributed by atoms with van der Waals surface area (Å²) >= 11 is 6.02. The number of carbonyl (C=O) groups is 1. The summed E-state index contributed by atoms with van der Waals surface area (Å²) < 4.78 is 0. The number of H-pyrrole nitrogens is 1. The van der Waals surface area contributed by atoms with Gasteiger partial charge < -0.3 is 15.6 Å². The number of carbonyl (C=O) groups excluding carboxylic acids is 1. The lowest BCUT2D eigenvalue weighted by Crippen LogP contribution is -2.15. The highest BCUT2D eigenvalue weighted by Gasteiger charge is 2.26. The summed E-state index contributed by atoms with van der Waals surface area (Å²) in [5, 5.41) is 7.62. The maximum Gasteiger partial charge on any atom is 0.253 e. The third-order valence-electron chi connectivity index (χ3n) is 4.54. The SMILES string of the molecule is C[C@H]1C(=O)Nc2cc(NCc3cc4cc(Cl)ccc4[nH]c3=O)ccc21. The highest BCUT2D eigenvalue weighted by atomic mass is 35.5. The van der Waals surface area contributed by atoms with Crippen LogP contribution in [-0.4, -0.2) is 10.9 Å². The summed E-state index contributed by atoms with van der Waals surface area (Å²) in [5.74, 6) is -0.118. The summed E-state index contributed by atoms with van der Waals surface area (Å²) in [5.41, 5.74) is 3.90. The van der Waals surface area contributed by atoms with Crippen LogP contribution in [0.25, 0.3) is 10.9 Å². The molecule has 2 heterocycles. The molecule has 0 saturated carbocycles. The second kappa shape index (κ2) is 5.93. The fourth-order valence-electron chi connectivity index (χ4n) is 3.09. The van der Waals surface area contributed by atoms with E-state index in [9.17, 15) is 9.59 Å². The second-order valence-corrected chi connectivity index (χ2v) is 6.66. The average molecular weight is 354 g/mol. The van der Waals surface area contributed by atoms with Gasteiger partial charge in [-0.2, -0.15) is 0 Å². The molecule has 0 spiro atoms. The number of nitrogens with one attached hydrogen (secondary N) is 3. The van der Waals surface area contributed by atoms with E-state index in [0.717, 1.165) is 27.8 Å². The first kappa shape index (κ1) is 15.7. The second-order valence-electron chi connectivity index (χ2n) is 6.22. The lowest BCUT2D eigenvalue weighted by Gasteiger charge is -2.09. The first-order chi connectivity index (χ1) is 12.0. The van der Waals surface area contributed by atoms with Crippen LogP contribution in [0.1, 0.15) is 24.0 Å². The number of aromatic amines is 1. The maximum atomic E-state index is 12.2. The molecule has 2 aromatic carbocycles. The molecular formula is C19H16ClN3O2. The molecule has 0 aliphatic carbocycles. The smallest absolute Gasteiger partial charge is 0.253 e. The van der Waals surface area contributed by atoms with Gasteiger partial charge in [0, 0.05) is 39.4 Å². The molecule has 1 aliphatic heterocycles. The third-order valence-corrected chi connectivity index (χ3v) is 4.77. The number of benzene rings is 2. The monoisotopic (exact) mass is 353 g/mol. The molecule has 5 nitrogen and oxygen atoms in total. The average Bonchev–Trinajstić information content (AvgIpc) is 2.87. The molecule has 0 fully saturated rings. The van der Waals surface area contributed by atoms with Crippen LogP contribution in [-0.2, 0) is 11.3 Å². The van der Waals surface area contributed by atoms with Crippen molar-refractivity contribution in [3.05, 3.63) is 69.0 Å². The highest BCUT2D eigenvalue weighted by molar-refractivity contribution is 6.31. The molecule has 126 valence electrons. The van der Waals surface area contributed by atoms with Gasteiger partial charge in [-0.1, -0.05) is 17.7 Å². The van der Waals surface area contributed by atoms with Crippen LogP contribution in [0.3, 0.4) is 0 Å². The van der Waals surface area contributed by atoms with Crippen LogP contribution >= 0.6 is 11.6 Å². The molecule has 0 saturated heterocycles. The van der Waals surface area contributed by atoms with Gasteiger partial charge in [-0.3, -0.25) is 9.59 Å². The summed E-state index contributed by atoms with van der Waals surface area (Å²) in [6, 6.07) is 12.9. The molecule has 0 unspecified atom stereocenters. The van der Waals surface area contributed by atoms with Crippen molar-refractivity contribution in [1.29, 1.82) is 0 Å². The fraction of sp³-hybridized carbons (Fsp3) is 0.158. The zero-order valence-electron chi connectivity index (χ0n) is 13.5. The van der Waals surface area contributed by atoms with Gasteiger partial charge in [0.25, 0.3) is 5.56 Å². The molecule has 1 atom stereocenters. The maximum absolute atomic E-state index is 12.2. The van der Waals surface area contributed by atoms with Crippen LogP contribution in [0.15, 0.2) is 47.3 Å². The number of amides is 1. The Hall–Kier alpha value is -2.79. The lowest BCUT2D eigenvalue weighted by molar-refractivity contribution is -0.116. The van der Waals surface area contributed by atoms with Gasteiger partial charge >= 0.3 is 0 Å². The van der Waals surface area contributed by atoms with Crippen molar-refractivity contribution in [2.45, 2.75) is 19.4 Å². The molecule has 3 aromatic rings. The zero-order chi connectivity index (χ0) is 17.6. The van der Waals surface area contributed by atoms with Gasteiger partial charge in [0.1, 0.15) is 0 Å². The lowest BCUT2D eigenvalue weighted by atomic mass is 10.0. The van der Waals surface area contributed by atoms with Gasteiger partial charge in [0.05, 0.1) is 5.92 Å². The Morgan fingerprint density at radius 2 is 1.96 bits per heavy atom. The van der Waals surface area contributed by atoms with E-state index in [1.807, 2.05) is 37.3 Å². The summed E-state index contributed by atoms with van der Waals surface area (Å²) in [6.07, 6.45) is 0. The Bertz CT molecular complexity index is 1060. The molecule has 0 bridgehead atoms. The van der Waals surface area contributed by atoms with E-state index in [1.54, 1.807) is 12.1 Å². The minimum atomic E-state index is -0.134. The van der Waals surface area contributed by atoms with Gasteiger partial charge in [-0.05, 0) is 48.9 Å². The molecule has 25 heavy (non-hydrogen) atoms. The zero-order valence-corrected chi connectivity index (χ0v) is 14.3. The number of halogens is 1. The van der Waals surface area contributed by atoms with Crippen molar-refractivity contribution in [1.82, 2.24) is 4.98 Å². The van der Waals surface area contributed by atoms with Crippen molar-refractivity contribution in [2.75, 3.05) is 10.6 Å². The van der Waals surface area contributed by atoms with Crippen molar-refractivity contribution in [3.63, 3.8) is 0 Å². The van der Waals surface area contributed by atoms with E-state index >= 15 is 0 Å². The number of fused-ring (bicyclic) bond motifs is 2. The van der Waals surface area contributed by atoms with Crippen molar-refractivity contribution in [2.24, 2.45) is 0 Å². The van der Waals surface area contributed by atoms with Crippen LogP contribution in [0.4, 0.5) is 11.4 Å². The van der Waals surface area contributed by atoms with Gasteiger partial charge in [0.2, 0.25) is 5.91 Å². The predicted octanol–water partition coefficient (Wildman–Crippen LogP) is 3.85. The minimum absolute atomic E-state index is 0.00926. The molecular weight excluding hydrogens is 338 g/mol. The molecule has 0 radical (unpaired) electrons. The van der Waals surface area contributed by atoms with Crippen LogP contribution < -0.4 is 16.2 Å². The topological polar surface area (TPSA) is 74.0 Å². The molecule has 1 aromatic heterocycles. The fourth-order valence-corrected chi connectivity index (χ4v) is 3.27. The van der Waals surface area contributed by atoms with Crippen molar-refractivity contribution in [3.8, 4) is 0 Å². The normalized spacial score (nSPS) is 15.9. The van der Waals surface area contributed by atoms with Gasteiger partial charge in [0.15, 0.2) is 0 Å². The largest absolute Gasteiger partial charge is 0.381 e. The Morgan fingerprint density at radius 3 is 2.80 bits per heavy atom. The summed E-state index contributed by atoms with van der Waals surface area (Å²) in [4.78, 5) is 26.8. The standard InChI is InChI=1S/C19H16ClN3O2/c1-10-15-4-3-14(8-17(15)23-18(10)24)21-9-12-6-11-7-13(20)2-5-16(11)22-19(12)25/h2-8,10,21H,9H2,1H3,(H,22,25)(H,23,24)/t10-/m1/s1. The predicted molar refractivity (Wildman–Crippen MR) is 100 cm³/mol. The van der Waals surface area contributed by atoms with E-state index in [0.29, 0.717) is 17.1 Å². The Balaban J connectivity index is 1.59. The number of hydrogen-bond acceptors (Lipinski definition) is 3. The Labute approximate surface area is 149 Å². The first-order valence-corrected chi connectivity index (χ1v) is 8.39. The van der Waals surface area contributed by atoms with Gasteiger partial charge in [-0.15, -0.1) is 0 Å². The highest BCUT2D eigenvalue weighted by Crippen LogP contribution is 2.34. The van der Waals surface area contributed by atoms with E-state index in [2.05, 4.69) is 15.6 Å². The molecule has 1 amide bonds. The Morgan fingerprint density at radius 1 is 1.12 bits per heavy atom. The summed E-state index contributed by atoms with van der Waals surface area (Å²) in [7, 11) is 0. The number of rotatable bonds is 3. The van der Waals surface area contributed by atoms with Crippen molar-refractivity contribution >= 4 is 39.8 Å². The van der Waals surface area contributed by atoms with E-state index < -0.39 is 0 Å². The molecule has 1 aliphatic rings. The first-order valence-electron chi connectivity index (χ1n) is 8.01. The number of aromatic nitrogens is 1. The quantitative estimate of drug-likeness (QED) is 0.669. The van der Waals surface area contributed by atoms with E-state index in [1.165, 1.54) is 0 Å². The summed E-state index contributed by atoms with van der Waals surface area (Å²) in [6.45, 7) is 2.26. The molecule has 4 rings (SSSR count). The Kier molecular flexibility index (Phi) is 3.73. The minimum Gasteiger partial charge on any atom is -0.381 e. The van der Waals surface area contributed by atoms with Crippen LogP contribution in [0.5, 0.6) is 0 Å². The number of pyridine rings is 1.